The summed E-state index contributed by atoms with van der Waals surface area (Å²) in [5.41, 5.74) is 0.834. The molecule has 104 valence electrons. The number of nitrogens with zero attached hydrogens (tertiary/aromatic N) is 1. The van der Waals surface area contributed by atoms with Crippen LogP contribution in [0.4, 0.5) is 5.13 Å². The van der Waals surface area contributed by atoms with E-state index in [1.165, 1.54) is 18.4 Å². The Labute approximate surface area is 115 Å². The first kappa shape index (κ1) is 13.8. The van der Waals surface area contributed by atoms with Gasteiger partial charge in [0.25, 0.3) is 0 Å². The molecule has 0 spiro atoms. The molecule has 0 aliphatic heterocycles. The second-order valence-electron chi connectivity index (χ2n) is 4.42. The smallest absolute Gasteiger partial charge is 0.305 e. The summed E-state index contributed by atoms with van der Waals surface area (Å²) in [7, 11) is 1.37. The van der Waals surface area contributed by atoms with Gasteiger partial charge in [0, 0.05) is 17.8 Å². The van der Waals surface area contributed by atoms with Crippen LogP contribution in [0.5, 0.6) is 0 Å². The van der Waals surface area contributed by atoms with Crippen LogP contribution in [0.3, 0.4) is 0 Å². The van der Waals surface area contributed by atoms with Crippen LogP contribution in [-0.4, -0.2) is 36.6 Å². The molecule has 0 atom stereocenters. The Morgan fingerprint density at radius 1 is 1.53 bits per heavy atom. The summed E-state index contributed by atoms with van der Waals surface area (Å²) < 4.78 is 4.57. The fraction of sp³-hybridized carbons (Fsp3) is 0.583. The number of methoxy groups -OCH3 is 1. The zero-order valence-corrected chi connectivity index (χ0v) is 11.6. The van der Waals surface area contributed by atoms with Gasteiger partial charge >= 0.3 is 5.97 Å². The number of thiazole rings is 1. The van der Waals surface area contributed by atoms with Crippen LogP contribution in [0.1, 0.15) is 25.0 Å². The second kappa shape index (κ2) is 6.51. The number of esters is 1. The first-order chi connectivity index (χ1) is 9.17. The zero-order chi connectivity index (χ0) is 13.7. The van der Waals surface area contributed by atoms with Gasteiger partial charge in [-0.25, -0.2) is 4.98 Å². The number of hydrogen-bond acceptors (Lipinski definition) is 6. The van der Waals surface area contributed by atoms with Crippen LogP contribution in [-0.2, 0) is 20.7 Å². The molecule has 1 aromatic heterocycles. The van der Waals surface area contributed by atoms with Crippen molar-refractivity contribution in [3.8, 4) is 0 Å². The van der Waals surface area contributed by atoms with E-state index in [1.807, 2.05) is 5.38 Å². The highest BCUT2D eigenvalue weighted by Crippen LogP contribution is 2.19. The summed E-state index contributed by atoms with van der Waals surface area (Å²) in [6.07, 6.45) is 3.04. The molecule has 1 aliphatic rings. The predicted molar refractivity (Wildman–Crippen MR) is 72.1 cm³/mol. The zero-order valence-electron chi connectivity index (χ0n) is 10.8. The minimum absolute atomic E-state index is 0.00573. The molecule has 0 aromatic carbocycles. The van der Waals surface area contributed by atoms with Crippen molar-refractivity contribution in [2.45, 2.75) is 31.7 Å². The Bertz CT molecular complexity index is 457. The molecular weight excluding hydrogens is 266 g/mol. The highest BCUT2D eigenvalue weighted by atomic mass is 32.1. The normalized spacial score (nSPS) is 13.9. The highest BCUT2D eigenvalue weighted by Gasteiger charge is 2.22. The number of ether oxygens (including phenoxy) is 1. The van der Waals surface area contributed by atoms with E-state index in [0.717, 1.165) is 18.5 Å². The molecule has 0 bridgehead atoms. The van der Waals surface area contributed by atoms with E-state index >= 15 is 0 Å². The fourth-order valence-electron chi connectivity index (χ4n) is 1.50. The van der Waals surface area contributed by atoms with Crippen molar-refractivity contribution < 1.29 is 14.3 Å². The lowest BCUT2D eigenvalue weighted by atomic mass is 10.2. The van der Waals surface area contributed by atoms with Crippen LogP contribution in [0.2, 0.25) is 0 Å². The minimum atomic E-state index is -0.244. The number of hydrogen-bond donors (Lipinski definition) is 2. The summed E-state index contributed by atoms with van der Waals surface area (Å²) in [5, 5.41) is 8.45. The van der Waals surface area contributed by atoms with Gasteiger partial charge in [-0.15, -0.1) is 11.3 Å². The quantitative estimate of drug-likeness (QED) is 0.728. The van der Waals surface area contributed by atoms with Crippen molar-refractivity contribution in [3.05, 3.63) is 11.1 Å². The molecular formula is C12H17N3O3S. The number of aromatic nitrogens is 1. The molecule has 1 aliphatic carbocycles. The molecule has 1 saturated carbocycles. The topological polar surface area (TPSA) is 80.3 Å². The van der Waals surface area contributed by atoms with Crippen LogP contribution in [0.15, 0.2) is 5.38 Å². The van der Waals surface area contributed by atoms with Crippen molar-refractivity contribution in [2.75, 3.05) is 19.0 Å². The van der Waals surface area contributed by atoms with Crippen molar-refractivity contribution in [1.29, 1.82) is 0 Å². The van der Waals surface area contributed by atoms with E-state index in [1.54, 1.807) is 0 Å². The van der Waals surface area contributed by atoms with E-state index in [0.29, 0.717) is 24.0 Å². The van der Waals surface area contributed by atoms with Gasteiger partial charge in [-0.3, -0.25) is 9.59 Å². The third-order valence-corrected chi connectivity index (χ3v) is 3.56. The van der Waals surface area contributed by atoms with Gasteiger partial charge in [0.1, 0.15) is 0 Å². The first-order valence-corrected chi connectivity index (χ1v) is 7.10. The number of aryl methyl sites for hydroxylation is 1. The average molecular weight is 283 g/mol. The largest absolute Gasteiger partial charge is 0.469 e. The summed E-state index contributed by atoms with van der Waals surface area (Å²) in [4.78, 5) is 26.8. The maximum absolute atomic E-state index is 11.5. The lowest BCUT2D eigenvalue weighted by Crippen LogP contribution is -2.31. The predicted octanol–water partition coefficient (Wildman–Crippen LogP) is 0.939. The van der Waals surface area contributed by atoms with E-state index in [9.17, 15) is 9.59 Å². The summed E-state index contributed by atoms with van der Waals surface area (Å²) >= 11 is 1.43. The Balaban J connectivity index is 1.70. The molecule has 1 heterocycles. The standard InChI is InChI=1S/C12H17N3O3S/c1-18-11(17)5-4-9-7-19-12(15-9)13-6-10(16)14-8-2-3-8/h7-8H,2-6H2,1H3,(H,13,15)(H,14,16). The average Bonchev–Trinajstić information content (AvgIpc) is 3.09. The molecule has 0 radical (unpaired) electrons. The first-order valence-electron chi connectivity index (χ1n) is 6.22. The summed E-state index contributed by atoms with van der Waals surface area (Å²) in [6.45, 7) is 0.237. The van der Waals surface area contributed by atoms with Crippen LogP contribution < -0.4 is 10.6 Å². The fourth-order valence-corrected chi connectivity index (χ4v) is 2.24. The monoisotopic (exact) mass is 283 g/mol. The SMILES string of the molecule is COC(=O)CCc1csc(NCC(=O)NC2CC2)n1. The van der Waals surface area contributed by atoms with Gasteiger partial charge in [0.2, 0.25) is 5.91 Å². The van der Waals surface area contributed by atoms with Gasteiger partial charge < -0.3 is 15.4 Å². The number of anilines is 1. The van der Waals surface area contributed by atoms with Gasteiger partial charge in [-0.2, -0.15) is 0 Å². The molecule has 1 aromatic rings. The van der Waals surface area contributed by atoms with E-state index < -0.39 is 0 Å². The van der Waals surface area contributed by atoms with Crippen molar-refractivity contribution in [1.82, 2.24) is 10.3 Å². The van der Waals surface area contributed by atoms with Gasteiger partial charge in [-0.1, -0.05) is 0 Å². The molecule has 1 fully saturated rings. The Morgan fingerprint density at radius 3 is 3.00 bits per heavy atom. The third-order valence-electron chi connectivity index (χ3n) is 2.71. The van der Waals surface area contributed by atoms with Gasteiger partial charge in [0.05, 0.1) is 25.8 Å². The Morgan fingerprint density at radius 2 is 2.32 bits per heavy atom. The third kappa shape index (κ3) is 4.86. The van der Waals surface area contributed by atoms with Crippen molar-refractivity contribution in [2.24, 2.45) is 0 Å². The van der Waals surface area contributed by atoms with Crippen molar-refractivity contribution in [3.63, 3.8) is 0 Å². The van der Waals surface area contributed by atoms with E-state index in [4.69, 9.17) is 0 Å². The van der Waals surface area contributed by atoms with Crippen LogP contribution in [0, 0.1) is 0 Å². The molecule has 2 rings (SSSR count). The van der Waals surface area contributed by atoms with Gasteiger partial charge in [-0.05, 0) is 12.8 Å². The number of carbonyl (C=O) groups is 2. The number of carbonyl (C=O) groups excluding carboxylic acids is 2. The molecule has 2 N–H and O–H groups in total. The lowest BCUT2D eigenvalue weighted by Gasteiger charge is -2.03. The molecule has 19 heavy (non-hydrogen) atoms. The second-order valence-corrected chi connectivity index (χ2v) is 5.27. The van der Waals surface area contributed by atoms with Crippen LogP contribution >= 0.6 is 11.3 Å². The lowest BCUT2D eigenvalue weighted by molar-refractivity contribution is -0.140. The molecule has 1 amide bonds. The Kier molecular flexibility index (Phi) is 4.73. The number of amides is 1. The summed E-state index contributed by atoms with van der Waals surface area (Å²) in [5.74, 6) is -0.250. The molecule has 6 nitrogen and oxygen atoms in total. The number of nitrogens with one attached hydrogen (secondary N) is 2. The van der Waals surface area contributed by atoms with Crippen LogP contribution in [0.25, 0.3) is 0 Å². The van der Waals surface area contributed by atoms with E-state index in [2.05, 4.69) is 20.4 Å². The van der Waals surface area contributed by atoms with Crippen molar-refractivity contribution >= 4 is 28.3 Å². The van der Waals surface area contributed by atoms with Gasteiger partial charge in [0.15, 0.2) is 5.13 Å². The molecule has 0 saturated heterocycles. The highest BCUT2D eigenvalue weighted by molar-refractivity contribution is 7.13. The van der Waals surface area contributed by atoms with E-state index in [-0.39, 0.29) is 18.4 Å². The molecule has 7 heteroatoms. The maximum Gasteiger partial charge on any atom is 0.305 e. The maximum atomic E-state index is 11.5. The number of rotatable bonds is 7. The summed E-state index contributed by atoms with van der Waals surface area (Å²) in [6, 6.07) is 0.376. The minimum Gasteiger partial charge on any atom is -0.469 e. The molecule has 0 unspecified atom stereocenters. The Hall–Kier alpha value is -1.63.